The van der Waals surface area contributed by atoms with Crippen LogP contribution in [0.4, 0.5) is 0 Å². The average Bonchev–Trinajstić information content (AvgIpc) is 4.11. The maximum Gasteiger partial charge on any atom is 0.0638 e. The first kappa shape index (κ1) is 28.6. The fraction of sp³-hybridized carbons (Fsp3) is 0.115. The summed E-state index contributed by atoms with van der Waals surface area (Å²) in [5, 5.41) is 13.8. The highest BCUT2D eigenvalue weighted by atomic mass is 15.0. The number of rotatable bonds is 2. The van der Waals surface area contributed by atoms with E-state index in [1.54, 1.807) is 11.1 Å². The van der Waals surface area contributed by atoms with Crippen LogP contribution in [0.15, 0.2) is 133 Å². The highest BCUT2D eigenvalue weighted by Crippen LogP contribution is 2.51. The molecule has 0 amide bonds. The second kappa shape index (κ2) is 9.71. The van der Waals surface area contributed by atoms with Crippen molar-refractivity contribution in [1.29, 1.82) is 0 Å². The van der Waals surface area contributed by atoms with Gasteiger partial charge in [-0.1, -0.05) is 72.8 Å². The van der Waals surface area contributed by atoms with Gasteiger partial charge in [-0.2, -0.15) is 0 Å². The number of para-hydroxylation sites is 4. The zero-order chi connectivity index (χ0) is 36.0. The topological polar surface area (TPSA) is 18.7 Å². The molecule has 0 saturated carbocycles. The van der Waals surface area contributed by atoms with Crippen LogP contribution >= 0.6 is 0 Å². The molecule has 4 nitrogen and oxygen atoms in total. The van der Waals surface area contributed by atoms with Crippen LogP contribution in [0.25, 0.3) is 109 Å². The number of nitrogens with zero attached hydrogens (tertiary/aromatic N) is 4. The van der Waals surface area contributed by atoms with Gasteiger partial charge in [-0.05, 0) is 110 Å². The summed E-state index contributed by atoms with van der Waals surface area (Å²) < 4.78 is 10.5. The zero-order valence-corrected chi connectivity index (χ0v) is 30.7. The Labute approximate surface area is 320 Å². The lowest BCUT2D eigenvalue weighted by atomic mass is 10.00. The van der Waals surface area contributed by atoms with Gasteiger partial charge >= 0.3 is 0 Å². The van der Waals surface area contributed by atoms with Crippen LogP contribution in [0.5, 0.6) is 0 Å². The minimum absolute atomic E-state index is 1.12. The highest BCUT2D eigenvalue weighted by molar-refractivity contribution is 6.33. The molecule has 7 aromatic carbocycles. The van der Waals surface area contributed by atoms with Gasteiger partial charge in [0.15, 0.2) is 0 Å². The van der Waals surface area contributed by atoms with E-state index in [-0.39, 0.29) is 0 Å². The Morgan fingerprint density at radius 1 is 0.321 bits per heavy atom. The first-order valence-electron chi connectivity index (χ1n) is 20.4. The Bertz CT molecular complexity index is 3600. The Morgan fingerprint density at radius 3 is 1.20 bits per heavy atom. The van der Waals surface area contributed by atoms with Crippen molar-refractivity contribution in [2.24, 2.45) is 0 Å². The first-order chi connectivity index (χ1) is 27.8. The highest BCUT2D eigenvalue weighted by Gasteiger charge is 2.32. The molecule has 13 aromatic rings. The van der Waals surface area contributed by atoms with Gasteiger partial charge in [-0.3, -0.25) is 0 Å². The monoisotopic (exact) mass is 714 g/mol. The lowest BCUT2D eigenvalue weighted by Gasteiger charge is -2.09. The molecule has 2 aliphatic carbocycles. The smallest absolute Gasteiger partial charge is 0.0638 e. The largest absolute Gasteiger partial charge is 0.312 e. The maximum absolute atomic E-state index is 2.70. The van der Waals surface area contributed by atoms with Crippen LogP contribution in [-0.2, 0) is 25.7 Å². The van der Waals surface area contributed by atoms with Crippen molar-refractivity contribution >= 4 is 98.0 Å². The molecule has 6 heterocycles. The molecular formula is C52H34N4. The summed E-state index contributed by atoms with van der Waals surface area (Å²) >= 11 is 0. The lowest BCUT2D eigenvalue weighted by Crippen LogP contribution is -1.94. The van der Waals surface area contributed by atoms with E-state index in [4.69, 9.17) is 0 Å². The van der Waals surface area contributed by atoms with Crippen LogP contribution in [0.1, 0.15) is 35.4 Å². The molecule has 6 aromatic heterocycles. The second-order valence-corrected chi connectivity index (χ2v) is 16.6. The number of aromatic nitrogens is 4. The van der Waals surface area contributed by atoms with Gasteiger partial charge in [0.2, 0.25) is 0 Å². The fourth-order valence-corrected chi connectivity index (χ4v) is 12.0. The molecule has 0 radical (unpaired) electrons. The quantitative estimate of drug-likeness (QED) is 0.170. The number of benzene rings is 7. The van der Waals surface area contributed by atoms with Crippen LogP contribution < -0.4 is 0 Å². The number of hydrogen-bond acceptors (Lipinski definition) is 0. The molecule has 262 valence electrons. The van der Waals surface area contributed by atoms with E-state index in [1.807, 2.05) is 0 Å². The maximum atomic E-state index is 2.70. The van der Waals surface area contributed by atoms with Crippen molar-refractivity contribution in [3.8, 4) is 11.4 Å². The molecule has 0 saturated heterocycles. The van der Waals surface area contributed by atoms with E-state index >= 15 is 0 Å². The van der Waals surface area contributed by atoms with Gasteiger partial charge in [-0.15, -0.1) is 0 Å². The average molecular weight is 715 g/mol. The molecule has 0 atom stereocenters. The summed E-state index contributed by atoms with van der Waals surface area (Å²) in [7, 11) is 0. The van der Waals surface area contributed by atoms with Crippen LogP contribution in [0.3, 0.4) is 0 Å². The van der Waals surface area contributed by atoms with E-state index in [0.29, 0.717) is 0 Å². The summed E-state index contributed by atoms with van der Waals surface area (Å²) in [6.07, 6.45) is 6.92. The van der Waals surface area contributed by atoms with Crippen molar-refractivity contribution in [2.75, 3.05) is 0 Å². The van der Waals surface area contributed by atoms with Gasteiger partial charge in [0.25, 0.3) is 0 Å². The third-order valence-corrected chi connectivity index (χ3v) is 14.0. The number of aryl methyl sites for hydroxylation is 4. The number of hydrogen-bond donors (Lipinski definition) is 0. The number of fused-ring (bicyclic) bond motifs is 20. The Balaban J connectivity index is 1.15. The van der Waals surface area contributed by atoms with E-state index in [0.717, 1.165) is 25.7 Å². The third-order valence-electron chi connectivity index (χ3n) is 14.0. The minimum atomic E-state index is 1.12. The molecule has 0 bridgehead atoms. The molecule has 0 aliphatic heterocycles. The standard InChI is InChI=1S/C52H34N4/c1-3-13-29(14-4-1)53-41-21-9-7-17-31(41)37-25-39-35-27-46-36(28-45(35)55-43-23-11-19-33(43)47(49(37)53)51(39)55)40-26-38-32-18-8-10-22-42(32)54(30-15-5-2-6-16-30)50(38)48-34-20-12-24-44(34)56(46)52(40)48/h1-10,13-18,21-22,25-28H,11-12,19-20,23-24H2. The molecular weight excluding hydrogens is 681 g/mol. The van der Waals surface area contributed by atoms with Crippen LogP contribution in [0.2, 0.25) is 0 Å². The molecule has 0 unspecified atom stereocenters. The Kier molecular flexibility index (Phi) is 4.97. The summed E-state index contributed by atoms with van der Waals surface area (Å²) in [4.78, 5) is 0. The SMILES string of the molecule is c1ccc(-n2c3ccccc3c3cc4c5cc6c(cc5n5c7c(c(c32)c45)CCC7)c2cc3c4ccccc4n(-c4ccccc4)c3c3c4c(n6c23)CCC4)cc1. The molecule has 0 N–H and O–H groups in total. The fourth-order valence-electron chi connectivity index (χ4n) is 12.0. The van der Waals surface area contributed by atoms with Crippen molar-refractivity contribution < 1.29 is 0 Å². The zero-order valence-electron chi connectivity index (χ0n) is 30.7. The van der Waals surface area contributed by atoms with Crippen molar-refractivity contribution in [3.63, 3.8) is 0 Å². The lowest BCUT2D eigenvalue weighted by molar-refractivity contribution is 0.890. The predicted molar refractivity (Wildman–Crippen MR) is 233 cm³/mol. The Morgan fingerprint density at radius 2 is 0.732 bits per heavy atom. The normalized spacial score (nSPS) is 14.7. The molecule has 15 rings (SSSR count). The predicted octanol–water partition coefficient (Wildman–Crippen LogP) is 12.9. The minimum Gasteiger partial charge on any atom is -0.312 e. The molecule has 0 fully saturated rings. The van der Waals surface area contributed by atoms with E-state index < -0.39 is 0 Å². The second-order valence-electron chi connectivity index (χ2n) is 16.6. The van der Waals surface area contributed by atoms with Crippen molar-refractivity contribution in [1.82, 2.24) is 17.9 Å². The summed E-state index contributed by atoms with van der Waals surface area (Å²) in [6.45, 7) is 0. The van der Waals surface area contributed by atoms with Crippen molar-refractivity contribution in [2.45, 2.75) is 38.5 Å². The summed E-state index contributed by atoms with van der Waals surface area (Å²) in [5.41, 5.74) is 19.4. The first-order valence-corrected chi connectivity index (χ1v) is 20.4. The molecule has 56 heavy (non-hydrogen) atoms. The van der Waals surface area contributed by atoms with Gasteiger partial charge in [0, 0.05) is 76.6 Å². The van der Waals surface area contributed by atoms with Gasteiger partial charge in [0.1, 0.15) is 0 Å². The molecule has 2 aliphatic rings. The van der Waals surface area contributed by atoms with E-state index in [1.165, 1.54) is 134 Å². The molecule has 0 spiro atoms. The third kappa shape index (κ3) is 3.14. The van der Waals surface area contributed by atoms with Crippen LogP contribution in [-0.4, -0.2) is 17.9 Å². The van der Waals surface area contributed by atoms with Gasteiger partial charge < -0.3 is 17.9 Å². The van der Waals surface area contributed by atoms with Crippen LogP contribution in [0, 0.1) is 0 Å². The molecule has 4 heteroatoms. The Hall–Kier alpha value is -6.78. The summed E-state index contributed by atoms with van der Waals surface area (Å²) in [6, 6.07) is 50.4. The van der Waals surface area contributed by atoms with Crippen molar-refractivity contribution in [3.05, 3.63) is 156 Å². The van der Waals surface area contributed by atoms with Gasteiger partial charge in [0.05, 0.1) is 44.1 Å². The van der Waals surface area contributed by atoms with E-state index in [9.17, 15) is 0 Å². The van der Waals surface area contributed by atoms with E-state index in [2.05, 4.69) is 151 Å². The van der Waals surface area contributed by atoms with Gasteiger partial charge in [-0.25, -0.2) is 0 Å². The summed E-state index contributed by atoms with van der Waals surface area (Å²) in [5.74, 6) is 0.